The fraction of sp³-hybridized carbons (Fsp3) is 0.556. The first-order valence-electron chi connectivity index (χ1n) is 7.87. The lowest BCUT2D eigenvalue weighted by molar-refractivity contribution is -0.224. The van der Waals surface area contributed by atoms with E-state index in [1.807, 2.05) is 38.1 Å². The van der Waals surface area contributed by atoms with Crippen LogP contribution in [0.15, 0.2) is 28.7 Å². The molecule has 1 aromatic rings. The third kappa shape index (κ3) is 3.99. The molecule has 24 heavy (non-hydrogen) atoms. The van der Waals surface area contributed by atoms with Crippen molar-refractivity contribution in [1.82, 2.24) is 0 Å². The van der Waals surface area contributed by atoms with Crippen molar-refractivity contribution in [3.05, 3.63) is 34.3 Å². The Kier molecular flexibility index (Phi) is 5.60. The number of hydrogen-bond donors (Lipinski definition) is 0. The number of ether oxygens (including phenoxy) is 5. The van der Waals surface area contributed by atoms with Gasteiger partial charge in [0.15, 0.2) is 12.1 Å². The summed E-state index contributed by atoms with van der Waals surface area (Å²) in [6.45, 7) is 4.74. The Morgan fingerprint density at radius 3 is 2.83 bits per heavy atom. The minimum atomic E-state index is -0.686. The molecule has 0 unspecified atom stereocenters. The molecule has 0 aliphatic carbocycles. The van der Waals surface area contributed by atoms with E-state index >= 15 is 0 Å². The second-order valence-corrected chi connectivity index (χ2v) is 7.08. The summed E-state index contributed by atoms with van der Waals surface area (Å²) < 4.78 is 30.2. The Morgan fingerprint density at radius 1 is 1.29 bits per heavy atom. The summed E-state index contributed by atoms with van der Waals surface area (Å²) in [5, 5.41) is 0. The van der Waals surface area contributed by atoms with Gasteiger partial charge in [-0.15, -0.1) is 6.42 Å². The molecule has 2 aliphatic rings. The zero-order valence-corrected chi connectivity index (χ0v) is 15.3. The molecule has 0 amide bonds. The quantitative estimate of drug-likeness (QED) is 0.546. The second-order valence-electron chi connectivity index (χ2n) is 6.23. The summed E-state index contributed by atoms with van der Waals surface area (Å²) >= 11 is 3.53. The van der Waals surface area contributed by atoms with E-state index in [0.29, 0.717) is 13.2 Å². The Bertz CT molecular complexity index is 612. The minimum absolute atomic E-state index is 0.235. The Hall–Kier alpha value is -0.940. The molecular weight excluding hydrogens is 376 g/mol. The first kappa shape index (κ1) is 17.9. The van der Waals surface area contributed by atoms with Gasteiger partial charge in [0, 0.05) is 4.47 Å². The largest absolute Gasteiger partial charge is 0.368 e. The maximum Gasteiger partial charge on any atom is 0.190 e. The van der Waals surface area contributed by atoms with Crippen LogP contribution in [0.4, 0.5) is 0 Å². The van der Waals surface area contributed by atoms with Crippen LogP contribution in [0, 0.1) is 12.3 Å². The van der Waals surface area contributed by atoms with Crippen LogP contribution in [-0.4, -0.2) is 43.6 Å². The molecule has 130 valence electrons. The number of halogens is 1. The van der Waals surface area contributed by atoms with E-state index in [-0.39, 0.29) is 24.9 Å². The van der Waals surface area contributed by atoms with E-state index in [1.54, 1.807) is 0 Å². The van der Waals surface area contributed by atoms with Gasteiger partial charge >= 0.3 is 0 Å². The molecule has 2 fully saturated rings. The van der Waals surface area contributed by atoms with Gasteiger partial charge in [-0.2, -0.15) is 0 Å². The topological polar surface area (TPSA) is 46.2 Å². The van der Waals surface area contributed by atoms with Crippen molar-refractivity contribution in [2.45, 2.75) is 50.8 Å². The van der Waals surface area contributed by atoms with Crippen molar-refractivity contribution in [3.8, 4) is 12.3 Å². The normalized spacial score (nSPS) is 30.9. The minimum Gasteiger partial charge on any atom is -0.368 e. The van der Waals surface area contributed by atoms with Crippen molar-refractivity contribution in [1.29, 1.82) is 0 Å². The predicted molar refractivity (Wildman–Crippen MR) is 91.1 cm³/mol. The lowest BCUT2D eigenvalue weighted by Gasteiger charge is -2.26. The van der Waals surface area contributed by atoms with Gasteiger partial charge in [0.05, 0.1) is 13.2 Å². The Balaban J connectivity index is 1.67. The summed E-state index contributed by atoms with van der Waals surface area (Å²) in [5.74, 6) is 1.76. The van der Waals surface area contributed by atoms with Gasteiger partial charge < -0.3 is 23.7 Å². The molecule has 1 aromatic carbocycles. The number of hydrogen-bond acceptors (Lipinski definition) is 5. The number of benzene rings is 1. The van der Waals surface area contributed by atoms with E-state index in [4.69, 9.17) is 30.1 Å². The zero-order chi connectivity index (χ0) is 17.2. The molecule has 2 heterocycles. The lowest BCUT2D eigenvalue weighted by Crippen LogP contribution is -2.39. The third-order valence-corrected chi connectivity index (χ3v) is 4.72. The molecule has 3 rings (SSSR count). The Morgan fingerprint density at radius 2 is 2.08 bits per heavy atom. The molecular formula is C18H21BrO5. The van der Waals surface area contributed by atoms with Crippen molar-refractivity contribution in [2.75, 3.05) is 13.2 Å². The van der Waals surface area contributed by atoms with Crippen LogP contribution < -0.4 is 0 Å². The molecule has 4 atom stereocenters. The van der Waals surface area contributed by atoms with Crippen LogP contribution in [0.3, 0.4) is 0 Å². The van der Waals surface area contributed by atoms with Gasteiger partial charge in [-0.05, 0) is 25.5 Å². The second kappa shape index (κ2) is 7.52. The first-order valence-corrected chi connectivity index (χ1v) is 8.67. The van der Waals surface area contributed by atoms with Crippen molar-refractivity contribution >= 4 is 15.9 Å². The highest BCUT2D eigenvalue weighted by molar-refractivity contribution is 9.10. The third-order valence-electron chi connectivity index (χ3n) is 3.94. The highest BCUT2D eigenvalue weighted by atomic mass is 79.9. The molecule has 0 radical (unpaired) electrons. The van der Waals surface area contributed by atoms with E-state index in [0.717, 1.165) is 10.0 Å². The van der Waals surface area contributed by atoms with Crippen LogP contribution in [0.1, 0.15) is 19.4 Å². The lowest BCUT2D eigenvalue weighted by atomic mass is 10.1. The molecule has 0 saturated carbocycles. The van der Waals surface area contributed by atoms with Crippen molar-refractivity contribution in [2.24, 2.45) is 0 Å². The highest BCUT2D eigenvalue weighted by Crippen LogP contribution is 2.39. The molecule has 0 bridgehead atoms. The fourth-order valence-electron chi connectivity index (χ4n) is 2.92. The van der Waals surface area contributed by atoms with E-state index in [9.17, 15) is 0 Å². The maximum absolute atomic E-state index is 6.13. The SMILES string of the molecule is C#CCOC[C@H]1O[C@@H]2OC(C)(C)O[C@@H]2[C@@H]1OCc1ccccc1Br. The van der Waals surface area contributed by atoms with Gasteiger partial charge in [-0.3, -0.25) is 0 Å². The van der Waals surface area contributed by atoms with Crippen LogP contribution in [0.5, 0.6) is 0 Å². The van der Waals surface area contributed by atoms with Crippen LogP contribution in [-0.2, 0) is 30.3 Å². The molecule has 2 aliphatic heterocycles. The van der Waals surface area contributed by atoms with Crippen molar-refractivity contribution < 1.29 is 23.7 Å². The average Bonchev–Trinajstić information content (AvgIpc) is 2.99. The van der Waals surface area contributed by atoms with Gasteiger partial charge in [-0.1, -0.05) is 40.0 Å². The fourth-order valence-corrected chi connectivity index (χ4v) is 3.32. The Labute approximate surface area is 150 Å². The molecule has 6 heteroatoms. The zero-order valence-electron chi connectivity index (χ0n) is 13.7. The molecule has 2 saturated heterocycles. The number of rotatable bonds is 6. The van der Waals surface area contributed by atoms with Gasteiger partial charge in [0.2, 0.25) is 0 Å². The smallest absolute Gasteiger partial charge is 0.190 e. The van der Waals surface area contributed by atoms with Crippen molar-refractivity contribution in [3.63, 3.8) is 0 Å². The van der Waals surface area contributed by atoms with E-state index in [1.165, 1.54) is 0 Å². The van der Waals surface area contributed by atoms with Gasteiger partial charge in [-0.25, -0.2) is 0 Å². The summed E-state index contributed by atoms with van der Waals surface area (Å²) in [6.07, 6.45) is 3.90. The standard InChI is InChI=1S/C18H21BrO5/c1-4-9-20-11-14-15(16-17(22-14)24-18(2,3)23-16)21-10-12-7-5-6-8-13(12)19/h1,5-8,14-17H,9-11H2,2-3H3/t14-,15-,16-,17-/m1/s1. The molecule has 0 N–H and O–H groups in total. The van der Waals surface area contributed by atoms with Crippen LogP contribution >= 0.6 is 15.9 Å². The summed E-state index contributed by atoms with van der Waals surface area (Å²) in [6, 6.07) is 7.94. The van der Waals surface area contributed by atoms with E-state index in [2.05, 4.69) is 21.9 Å². The first-order chi connectivity index (χ1) is 11.5. The maximum atomic E-state index is 6.13. The van der Waals surface area contributed by atoms with Crippen LogP contribution in [0.2, 0.25) is 0 Å². The summed E-state index contributed by atoms with van der Waals surface area (Å²) in [5.41, 5.74) is 1.06. The highest BCUT2D eigenvalue weighted by Gasteiger charge is 2.55. The van der Waals surface area contributed by atoms with Gasteiger partial charge in [0.25, 0.3) is 0 Å². The van der Waals surface area contributed by atoms with Gasteiger partial charge in [0.1, 0.15) is 24.9 Å². The summed E-state index contributed by atoms with van der Waals surface area (Å²) in [4.78, 5) is 0. The summed E-state index contributed by atoms with van der Waals surface area (Å²) in [7, 11) is 0. The molecule has 5 nitrogen and oxygen atoms in total. The molecule has 0 aromatic heterocycles. The predicted octanol–water partition coefficient (Wildman–Crippen LogP) is 2.86. The molecule has 0 spiro atoms. The van der Waals surface area contributed by atoms with Crippen LogP contribution in [0.25, 0.3) is 0 Å². The average molecular weight is 397 g/mol. The number of fused-ring (bicyclic) bond motifs is 1. The number of terminal acetylenes is 1. The monoisotopic (exact) mass is 396 g/mol. The van der Waals surface area contributed by atoms with E-state index < -0.39 is 12.1 Å².